The first-order valence-corrected chi connectivity index (χ1v) is 8.07. The lowest BCUT2D eigenvalue weighted by atomic mass is 10.2. The lowest BCUT2D eigenvalue weighted by molar-refractivity contribution is -0.137. The minimum absolute atomic E-state index is 0.141. The van der Waals surface area contributed by atoms with Gasteiger partial charge in [0.2, 0.25) is 5.82 Å². The Labute approximate surface area is 157 Å². The third-order valence-electron chi connectivity index (χ3n) is 3.98. The molecule has 0 aliphatic carbocycles. The van der Waals surface area contributed by atoms with Crippen LogP contribution < -0.4 is 5.32 Å². The fraction of sp³-hybridized carbons (Fsp3) is 0.0526. The van der Waals surface area contributed by atoms with Crippen molar-refractivity contribution >= 4 is 28.5 Å². The molecule has 138 valence electrons. The number of hydrogen-bond acceptors (Lipinski definition) is 4. The van der Waals surface area contributed by atoms with E-state index in [1.807, 2.05) is 18.2 Å². The number of halogens is 3. The van der Waals surface area contributed by atoms with Crippen molar-refractivity contribution in [3.63, 3.8) is 0 Å². The van der Waals surface area contributed by atoms with Crippen LogP contribution in [0.2, 0.25) is 0 Å². The average molecular weight is 380 g/mol. The second kappa shape index (κ2) is 6.66. The fourth-order valence-electron chi connectivity index (χ4n) is 2.73. The zero-order valence-corrected chi connectivity index (χ0v) is 14.1. The summed E-state index contributed by atoms with van der Waals surface area (Å²) in [4.78, 5) is 16.2. The molecule has 0 aliphatic heterocycles. The van der Waals surface area contributed by atoms with Crippen LogP contribution in [0.5, 0.6) is 0 Å². The maximum atomic E-state index is 12.7. The molecule has 0 saturated carbocycles. The molecule has 0 bridgehead atoms. The molecule has 2 aromatic heterocycles. The van der Waals surface area contributed by atoms with Gasteiger partial charge in [-0.25, -0.2) is 4.57 Å². The van der Waals surface area contributed by atoms with Crippen molar-refractivity contribution in [2.24, 2.45) is 0 Å². The molecule has 0 fully saturated rings. The Kier molecular flexibility index (Phi) is 4.16. The zero-order chi connectivity index (χ0) is 19.7. The number of anilines is 2. The summed E-state index contributed by atoms with van der Waals surface area (Å²) in [5.74, 6) is 0.838. The van der Waals surface area contributed by atoms with Gasteiger partial charge in [0.1, 0.15) is 5.52 Å². The second-order valence-corrected chi connectivity index (χ2v) is 5.81. The number of nitrogens with zero attached hydrogens (tertiary/aromatic N) is 5. The Hall–Kier alpha value is -3.93. The van der Waals surface area contributed by atoms with Gasteiger partial charge in [-0.3, -0.25) is 4.98 Å². The van der Waals surface area contributed by atoms with E-state index < -0.39 is 11.7 Å². The minimum Gasteiger partial charge on any atom is -0.396 e. The van der Waals surface area contributed by atoms with Crippen molar-refractivity contribution in [1.82, 2.24) is 19.5 Å². The monoisotopic (exact) mass is 380 g/mol. The highest BCUT2D eigenvalue weighted by Gasteiger charge is 2.29. The average Bonchev–Trinajstić information content (AvgIpc) is 3.06. The molecular formula is C19H11F3N6. The SMILES string of the molecule is [C-]#[N+]c1nc2ccccc2n1-c1cncc(Nc2ccc(C(F)(F)F)cc2)n1. The normalized spacial score (nSPS) is 11.4. The van der Waals surface area contributed by atoms with Crippen LogP contribution in [0.15, 0.2) is 60.9 Å². The molecule has 28 heavy (non-hydrogen) atoms. The van der Waals surface area contributed by atoms with Crippen molar-refractivity contribution in [2.75, 3.05) is 5.32 Å². The zero-order valence-electron chi connectivity index (χ0n) is 14.1. The summed E-state index contributed by atoms with van der Waals surface area (Å²) in [5.41, 5.74) is 1.05. The van der Waals surface area contributed by atoms with Gasteiger partial charge < -0.3 is 10.2 Å². The van der Waals surface area contributed by atoms with E-state index in [4.69, 9.17) is 6.57 Å². The van der Waals surface area contributed by atoms with Crippen LogP contribution in [-0.2, 0) is 6.18 Å². The number of rotatable bonds is 3. The number of para-hydroxylation sites is 2. The molecule has 0 amide bonds. The molecule has 9 heteroatoms. The molecule has 6 nitrogen and oxygen atoms in total. The predicted molar refractivity (Wildman–Crippen MR) is 97.6 cm³/mol. The number of nitrogens with one attached hydrogen (secondary N) is 1. The first-order chi connectivity index (χ1) is 13.5. The number of alkyl halides is 3. The summed E-state index contributed by atoms with van der Waals surface area (Å²) in [6.45, 7) is 7.36. The quantitative estimate of drug-likeness (QED) is 0.501. The first kappa shape index (κ1) is 17.5. The Morgan fingerprint density at radius 3 is 2.43 bits per heavy atom. The van der Waals surface area contributed by atoms with E-state index in [1.54, 1.807) is 10.6 Å². The highest BCUT2D eigenvalue weighted by Crippen LogP contribution is 2.30. The maximum absolute atomic E-state index is 12.7. The highest BCUT2D eigenvalue weighted by atomic mass is 19.4. The van der Waals surface area contributed by atoms with E-state index in [1.165, 1.54) is 24.5 Å². The number of imidazole rings is 1. The van der Waals surface area contributed by atoms with E-state index in [0.717, 1.165) is 12.1 Å². The van der Waals surface area contributed by atoms with Gasteiger partial charge in [0, 0.05) is 5.69 Å². The van der Waals surface area contributed by atoms with Crippen LogP contribution in [-0.4, -0.2) is 19.5 Å². The smallest absolute Gasteiger partial charge is 0.396 e. The van der Waals surface area contributed by atoms with Gasteiger partial charge in [0.05, 0.1) is 18.0 Å². The van der Waals surface area contributed by atoms with Gasteiger partial charge >= 0.3 is 12.1 Å². The lowest BCUT2D eigenvalue weighted by Crippen LogP contribution is -2.05. The van der Waals surface area contributed by atoms with Gasteiger partial charge in [0.15, 0.2) is 11.3 Å². The predicted octanol–water partition coefficient (Wildman–Crippen LogP) is 5.13. The molecule has 1 N–H and O–H groups in total. The Bertz CT molecular complexity index is 1190. The van der Waals surface area contributed by atoms with Gasteiger partial charge in [-0.05, 0) is 36.4 Å². The standard InChI is InChI=1S/C19H11F3N6/c1-23-18-26-14-4-2-3-5-15(14)28(18)17-11-24-10-16(27-17)25-13-8-6-12(7-9-13)19(20,21)22/h2-11H,(H,25,27). The molecule has 0 aliphatic rings. The molecule has 0 radical (unpaired) electrons. The molecule has 2 aromatic carbocycles. The topological polar surface area (TPSA) is 60.0 Å². The van der Waals surface area contributed by atoms with E-state index in [0.29, 0.717) is 28.4 Å². The van der Waals surface area contributed by atoms with E-state index in [2.05, 4.69) is 25.1 Å². The molecule has 4 rings (SSSR count). The number of fused-ring (bicyclic) bond motifs is 1. The van der Waals surface area contributed by atoms with Crippen LogP contribution in [0.4, 0.5) is 30.6 Å². The van der Waals surface area contributed by atoms with Crippen LogP contribution >= 0.6 is 0 Å². The van der Waals surface area contributed by atoms with E-state index in [9.17, 15) is 13.2 Å². The number of hydrogen-bond donors (Lipinski definition) is 1. The van der Waals surface area contributed by atoms with Gasteiger partial charge in [0.25, 0.3) is 0 Å². The number of benzene rings is 2. The molecule has 4 aromatic rings. The van der Waals surface area contributed by atoms with E-state index in [-0.39, 0.29) is 5.95 Å². The first-order valence-electron chi connectivity index (χ1n) is 8.07. The maximum Gasteiger partial charge on any atom is 0.416 e. The fourth-order valence-corrected chi connectivity index (χ4v) is 2.73. The van der Waals surface area contributed by atoms with Crippen molar-refractivity contribution in [2.45, 2.75) is 6.18 Å². The van der Waals surface area contributed by atoms with E-state index >= 15 is 0 Å². The van der Waals surface area contributed by atoms with Crippen LogP contribution in [0.3, 0.4) is 0 Å². The van der Waals surface area contributed by atoms with Gasteiger partial charge in [-0.2, -0.15) is 18.2 Å². The Balaban J connectivity index is 1.69. The summed E-state index contributed by atoms with van der Waals surface area (Å²) in [6.07, 6.45) is -1.46. The minimum atomic E-state index is -4.39. The Morgan fingerprint density at radius 1 is 0.964 bits per heavy atom. The summed E-state index contributed by atoms with van der Waals surface area (Å²) < 4.78 is 39.6. The summed E-state index contributed by atoms with van der Waals surface area (Å²) in [5, 5.41) is 2.92. The largest absolute Gasteiger partial charge is 0.416 e. The second-order valence-electron chi connectivity index (χ2n) is 5.81. The summed E-state index contributed by atoms with van der Waals surface area (Å²) in [6, 6.07) is 11.9. The van der Waals surface area contributed by atoms with Crippen molar-refractivity contribution in [3.8, 4) is 5.82 Å². The molecule has 2 heterocycles. The molecule has 0 saturated heterocycles. The van der Waals surface area contributed by atoms with Gasteiger partial charge in [-0.15, -0.1) is 11.6 Å². The van der Waals surface area contributed by atoms with Crippen molar-refractivity contribution < 1.29 is 13.2 Å². The molecular weight excluding hydrogens is 369 g/mol. The van der Waals surface area contributed by atoms with Crippen LogP contribution in [0.25, 0.3) is 21.7 Å². The lowest BCUT2D eigenvalue weighted by Gasteiger charge is -2.10. The Morgan fingerprint density at radius 2 is 1.71 bits per heavy atom. The van der Waals surface area contributed by atoms with Crippen LogP contribution in [0, 0.1) is 6.57 Å². The molecule has 0 spiro atoms. The highest BCUT2D eigenvalue weighted by molar-refractivity contribution is 5.81. The van der Waals surface area contributed by atoms with Crippen molar-refractivity contribution in [1.29, 1.82) is 0 Å². The molecule has 0 atom stereocenters. The summed E-state index contributed by atoms with van der Waals surface area (Å²) in [7, 11) is 0. The summed E-state index contributed by atoms with van der Waals surface area (Å²) >= 11 is 0. The van der Waals surface area contributed by atoms with Gasteiger partial charge in [-0.1, -0.05) is 12.1 Å². The third-order valence-corrected chi connectivity index (χ3v) is 3.98. The molecule has 0 unspecified atom stereocenters. The van der Waals surface area contributed by atoms with Crippen LogP contribution in [0.1, 0.15) is 5.56 Å². The number of aromatic nitrogens is 4. The third kappa shape index (κ3) is 3.23. The van der Waals surface area contributed by atoms with Crippen molar-refractivity contribution in [3.05, 3.63) is 77.9 Å².